The van der Waals surface area contributed by atoms with E-state index in [2.05, 4.69) is 6.58 Å². The third kappa shape index (κ3) is 4.76. The van der Waals surface area contributed by atoms with Crippen molar-refractivity contribution in [3.8, 4) is 5.75 Å². The van der Waals surface area contributed by atoms with Crippen LogP contribution in [-0.4, -0.2) is 29.1 Å². The molecule has 1 aromatic rings. The fraction of sp³-hybridized carbons (Fsp3) is 0.182. The van der Waals surface area contributed by atoms with Gasteiger partial charge in [0.2, 0.25) is 10.0 Å². The summed E-state index contributed by atoms with van der Waals surface area (Å²) in [7, 11) is -8.19. The summed E-state index contributed by atoms with van der Waals surface area (Å²) in [6, 6.07) is 4.89. The number of hydrogen-bond donors (Lipinski definition) is 1. The zero-order valence-corrected chi connectivity index (χ0v) is 12.4. The first kappa shape index (κ1) is 16.3. The number of sulfonamides is 2. The second-order valence-corrected chi connectivity index (χ2v) is 7.69. The minimum absolute atomic E-state index is 0.0330. The van der Waals surface area contributed by atoms with Crippen molar-refractivity contribution in [2.24, 2.45) is 0 Å². The van der Waals surface area contributed by atoms with Crippen molar-refractivity contribution in [3.05, 3.63) is 36.4 Å². The molecule has 0 aliphatic carbocycles. The molecule has 0 aromatic heterocycles. The van der Waals surface area contributed by atoms with Crippen LogP contribution in [0.4, 0.5) is 0 Å². The molecule has 0 saturated carbocycles. The zero-order valence-electron chi connectivity index (χ0n) is 10.8. The number of carbonyl (C=O) groups is 1. The molecular formula is C11H13NO6S2. The van der Waals surface area contributed by atoms with Gasteiger partial charge in [-0.05, 0) is 19.1 Å². The van der Waals surface area contributed by atoms with Crippen LogP contribution in [0.25, 0.3) is 0 Å². The molecule has 0 spiro atoms. The van der Waals surface area contributed by atoms with Crippen molar-refractivity contribution in [1.29, 1.82) is 0 Å². The molecule has 0 saturated heterocycles. The summed E-state index contributed by atoms with van der Waals surface area (Å²) in [5.74, 6) is -0.745. The number of rotatable bonds is 5. The number of nitrogens with one attached hydrogen (secondary N) is 1. The van der Waals surface area contributed by atoms with Crippen molar-refractivity contribution < 1.29 is 26.4 Å². The molecule has 1 rings (SSSR count). The van der Waals surface area contributed by atoms with Gasteiger partial charge in [0.15, 0.2) is 0 Å². The van der Waals surface area contributed by atoms with Gasteiger partial charge in [0.05, 0.1) is 11.2 Å². The van der Waals surface area contributed by atoms with Gasteiger partial charge in [-0.15, -0.1) is 4.13 Å². The van der Waals surface area contributed by atoms with E-state index in [-0.39, 0.29) is 16.2 Å². The Kier molecular flexibility index (Phi) is 4.69. The molecule has 9 heteroatoms. The van der Waals surface area contributed by atoms with Crippen molar-refractivity contribution in [2.75, 3.05) is 6.26 Å². The Balaban J connectivity index is 3.11. The molecule has 110 valence electrons. The van der Waals surface area contributed by atoms with Crippen molar-refractivity contribution in [1.82, 2.24) is 4.13 Å². The first-order valence-corrected chi connectivity index (χ1v) is 8.60. The molecule has 0 aliphatic heterocycles. The molecule has 20 heavy (non-hydrogen) atoms. The maximum Gasteiger partial charge on any atom is 0.338 e. The monoisotopic (exact) mass is 319 g/mol. The van der Waals surface area contributed by atoms with Gasteiger partial charge >= 0.3 is 5.97 Å². The Morgan fingerprint density at radius 3 is 2.35 bits per heavy atom. The van der Waals surface area contributed by atoms with Crippen LogP contribution in [0, 0.1) is 0 Å². The van der Waals surface area contributed by atoms with Gasteiger partial charge < -0.3 is 4.74 Å². The Bertz CT molecular complexity index is 749. The predicted molar refractivity (Wildman–Crippen MR) is 72.1 cm³/mol. The summed E-state index contributed by atoms with van der Waals surface area (Å²) in [4.78, 5) is 11.0. The molecule has 0 aliphatic rings. The summed E-state index contributed by atoms with van der Waals surface area (Å²) in [6.07, 6.45) is 0.718. The summed E-state index contributed by atoms with van der Waals surface area (Å²) in [5, 5.41) is 0. The zero-order chi connectivity index (χ0) is 15.6. The lowest BCUT2D eigenvalue weighted by atomic mass is 10.3. The Morgan fingerprint density at radius 1 is 1.25 bits per heavy atom. The van der Waals surface area contributed by atoms with Gasteiger partial charge in [-0.25, -0.2) is 21.6 Å². The van der Waals surface area contributed by atoms with Crippen LogP contribution < -0.4 is 8.86 Å². The lowest BCUT2D eigenvalue weighted by molar-refractivity contribution is -0.130. The van der Waals surface area contributed by atoms with E-state index in [1.807, 2.05) is 0 Å². The third-order valence-corrected chi connectivity index (χ3v) is 4.90. The standard InChI is InChI=1S/C11H13NO6S2/c1-8(2)11(13)18-9-5-4-6-10(7-9)20(16,17)12-19(3,14)15/h4-7,12H,1H2,2-3H3. The summed E-state index contributed by atoms with van der Waals surface area (Å²) < 4.78 is 51.9. The van der Waals surface area contributed by atoms with E-state index in [4.69, 9.17) is 4.74 Å². The fourth-order valence-corrected chi connectivity index (χ4v) is 3.65. The molecular weight excluding hydrogens is 306 g/mol. The highest BCUT2D eigenvalue weighted by Crippen LogP contribution is 2.18. The molecule has 7 nitrogen and oxygen atoms in total. The van der Waals surface area contributed by atoms with Crippen LogP contribution in [0.3, 0.4) is 0 Å². The van der Waals surface area contributed by atoms with Crippen LogP contribution in [0.15, 0.2) is 41.3 Å². The van der Waals surface area contributed by atoms with Gasteiger partial charge in [0.1, 0.15) is 5.75 Å². The Morgan fingerprint density at radius 2 is 1.85 bits per heavy atom. The second kappa shape index (κ2) is 5.73. The molecule has 1 aromatic carbocycles. The smallest absolute Gasteiger partial charge is 0.338 e. The number of carbonyl (C=O) groups excluding carboxylic acids is 1. The molecule has 0 unspecified atom stereocenters. The van der Waals surface area contributed by atoms with Crippen molar-refractivity contribution in [2.45, 2.75) is 11.8 Å². The Labute approximate surface area is 117 Å². The topological polar surface area (TPSA) is 107 Å². The average Bonchev–Trinajstić information content (AvgIpc) is 2.26. The van der Waals surface area contributed by atoms with Gasteiger partial charge in [-0.1, -0.05) is 12.6 Å². The molecule has 0 radical (unpaired) electrons. The summed E-state index contributed by atoms with van der Waals surface area (Å²) >= 11 is 0. The maximum atomic E-state index is 11.8. The third-order valence-electron chi connectivity index (χ3n) is 1.94. The van der Waals surface area contributed by atoms with Crippen LogP contribution in [0.5, 0.6) is 5.75 Å². The number of benzene rings is 1. The van der Waals surface area contributed by atoms with Crippen molar-refractivity contribution >= 4 is 26.0 Å². The molecule has 0 heterocycles. The highest BCUT2D eigenvalue weighted by atomic mass is 32.3. The second-order valence-electron chi connectivity index (χ2n) is 4.00. The van der Waals surface area contributed by atoms with Crippen molar-refractivity contribution in [3.63, 3.8) is 0 Å². The van der Waals surface area contributed by atoms with E-state index in [0.717, 1.165) is 12.3 Å². The van der Waals surface area contributed by atoms with Crippen LogP contribution in [-0.2, 0) is 24.8 Å². The number of hydrogen-bond acceptors (Lipinski definition) is 6. The molecule has 0 amide bonds. The Hall–Kier alpha value is -1.71. The van der Waals surface area contributed by atoms with E-state index in [9.17, 15) is 21.6 Å². The number of esters is 1. The summed E-state index contributed by atoms with van der Waals surface area (Å²) in [6.45, 7) is 4.83. The van der Waals surface area contributed by atoms with E-state index in [1.54, 1.807) is 0 Å². The average molecular weight is 319 g/mol. The minimum Gasteiger partial charge on any atom is -0.423 e. The molecule has 0 atom stereocenters. The highest BCUT2D eigenvalue weighted by molar-refractivity contribution is 8.04. The molecule has 1 N–H and O–H groups in total. The normalized spacial score (nSPS) is 11.9. The van der Waals surface area contributed by atoms with E-state index >= 15 is 0 Å². The van der Waals surface area contributed by atoms with E-state index in [1.165, 1.54) is 29.3 Å². The van der Waals surface area contributed by atoms with Gasteiger partial charge in [-0.3, -0.25) is 0 Å². The van der Waals surface area contributed by atoms with Crippen LogP contribution in [0.2, 0.25) is 0 Å². The summed E-state index contributed by atoms with van der Waals surface area (Å²) in [5.41, 5.74) is 0.146. The van der Waals surface area contributed by atoms with Gasteiger partial charge in [0.25, 0.3) is 10.0 Å². The quantitative estimate of drug-likeness (QED) is 0.478. The highest BCUT2D eigenvalue weighted by Gasteiger charge is 2.20. The molecule has 0 fully saturated rings. The fourth-order valence-electron chi connectivity index (χ4n) is 1.15. The molecule has 0 bridgehead atoms. The maximum absolute atomic E-state index is 11.8. The minimum atomic E-state index is -4.25. The van der Waals surface area contributed by atoms with Gasteiger partial charge in [-0.2, -0.15) is 0 Å². The number of ether oxygens (including phenoxy) is 1. The lowest BCUT2D eigenvalue weighted by Gasteiger charge is -2.07. The SMILES string of the molecule is C=C(C)C(=O)Oc1cccc(S(=O)(=O)NS(C)(=O)=O)c1. The van der Waals surface area contributed by atoms with Gasteiger partial charge in [0, 0.05) is 11.6 Å². The largest absolute Gasteiger partial charge is 0.423 e. The lowest BCUT2D eigenvalue weighted by Crippen LogP contribution is -2.29. The predicted octanol–water partition coefficient (Wildman–Crippen LogP) is 0.406. The van der Waals surface area contributed by atoms with E-state index < -0.39 is 26.0 Å². The van der Waals surface area contributed by atoms with Crippen LogP contribution >= 0.6 is 0 Å². The first-order chi connectivity index (χ1) is 9.01. The van der Waals surface area contributed by atoms with E-state index in [0.29, 0.717) is 0 Å². The first-order valence-electron chi connectivity index (χ1n) is 5.22. The van der Waals surface area contributed by atoms with Crippen LogP contribution in [0.1, 0.15) is 6.92 Å².